The Morgan fingerprint density at radius 1 is 1.28 bits per heavy atom. The lowest BCUT2D eigenvalue weighted by Crippen LogP contribution is -2.43. The zero-order valence-electron chi connectivity index (χ0n) is 21.7. The summed E-state index contributed by atoms with van der Waals surface area (Å²) in [5.74, 6) is -0.121. The number of hydrogen-bond donors (Lipinski definition) is 3. The lowest BCUT2D eigenvalue weighted by Gasteiger charge is -2.29. The van der Waals surface area contributed by atoms with Crippen molar-refractivity contribution in [3.8, 4) is 5.75 Å². The fraction of sp³-hybridized carbons (Fsp3) is 0.560. The standard InChI is InChI=1S/C25H33FN3O8PS/c1-16(22(32)35-17-9-5-3-6-10-17)28-38(39,37-18-11-7-4-8-12-18)34-15-19-21(31)25(2,26)23(36-19)29-14-13-20(30)27-24(29)33/h4,7-8,11-14,16-17,19,21,23,31H,3,5-6,9-10,15H2,1-2H3,(H,28,39)(H,27,30,33)/t16?,19-,21?,23-,25?,38?/m1/s1. The molecule has 2 aliphatic rings. The number of aliphatic hydroxyl groups is 1. The molecular formula is C25H33FN3O8PS. The number of para-hydroxylation sites is 1. The number of alkyl halides is 1. The molecule has 39 heavy (non-hydrogen) atoms. The third-order valence-electron chi connectivity index (χ3n) is 6.74. The van der Waals surface area contributed by atoms with Crippen LogP contribution in [0, 0.1) is 0 Å². The van der Waals surface area contributed by atoms with Crippen molar-refractivity contribution in [3.05, 3.63) is 63.4 Å². The Kier molecular flexibility index (Phi) is 9.41. The van der Waals surface area contributed by atoms with Gasteiger partial charge in [-0.05, 0) is 63.5 Å². The van der Waals surface area contributed by atoms with E-state index in [0.717, 1.165) is 55.9 Å². The molecule has 1 saturated heterocycles. The zero-order valence-corrected chi connectivity index (χ0v) is 23.4. The van der Waals surface area contributed by atoms with Gasteiger partial charge in [0, 0.05) is 12.3 Å². The molecule has 1 saturated carbocycles. The van der Waals surface area contributed by atoms with Crippen molar-refractivity contribution in [2.45, 2.75) is 82.2 Å². The molecule has 2 aromatic rings. The van der Waals surface area contributed by atoms with Gasteiger partial charge in [0.15, 0.2) is 11.9 Å². The first-order chi connectivity index (χ1) is 18.5. The third-order valence-corrected chi connectivity index (χ3v) is 9.24. The van der Waals surface area contributed by atoms with E-state index in [1.54, 1.807) is 37.3 Å². The molecule has 4 unspecified atom stereocenters. The molecule has 214 valence electrons. The number of aromatic amines is 1. The monoisotopic (exact) mass is 585 g/mol. The normalized spacial score (nSPS) is 27.9. The van der Waals surface area contributed by atoms with Crippen molar-refractivity contribution < 1.29 is 32.8 Å². The minimum absolute atomic E-state index is 0.151. The predicted molar refractivity (Wildman–Crippen MR) is 144 cm³/mol. The highest BCUT2D eigenvalue weighted by Crippen LogP contribution is 2.47. The van der Waals surface area contributed by atoms with Gasteiger partial charge in [0.25, 0.3) is 5.56 Å². The van der Waals surface area contributed by atoms with E-state index >= 15 is 4.39 Å². The van der Waals surface area contributed by atoms with Gasteiger partial charge < -0.3 is 23.6 Å². The number of halogens is 1. The molecule has 1 aromatic carbocycles. The molecule has 0 spiro atoms. The molecule has 11 nitrogen and oxygen atoms in total. The average Bonchev–Trinajstić information content (AvgIpc) is 3.12. The number of aromatic nitrogens is 2. The number of nitrogens with one attached hydrogen (secondary N) is 2. The highest BCUT2D eigenvalue weighted by molar-refractivity contribution is 8.09. The molecule has 2 fully saturated rings. The van der Waals surface area contributed by atoms with E-state index in [1.807, 2.05) is 4.98 Å². The van der Waals surface area contributed by atoms with Crippen LogP contribution in [0.4, 0.5) is 4.39 Å². The van der Waals surface area contributed by atoms with E-state index in [0.29, 0.717) is 5.75 Å². The third kappa shape index (κ3) is 7.22. The maximum absolute atomic E-state index is 15.6. The van der Waals surface area contributed by atoms with Gasteiger partial charge in [-0.25, -0.2) is 14.3 Å². The molecular weight excluding hydrogens is 552 g/mol. The Labute approximate surface area is 229 Å². The number of aliphatic hydroxyl groups excluding tert-OH is 1. The molecule has 4 rings (SSSR count). The van der Waals surface area contributed by atoms with Crippen LogP contribution in [0.5, 0.6) is 5.75 Å². The molecule has 3 N–H and O–H groups in total. The van der Waals surface area contributed by atoms with Crippen LogP contribution in [0.25, 0.3) is 0 Å². The topological polar surface area (TPSA) is 141 Å². The van der Waals surface area contributed by atoms with Crippen LogP contribution in [0.2, 0.25) is 0 Å². The van der Waals surface area contributed by atoms with Crippen molar-refractivity contribution in [1.82, 2.24) is 14.6 Å². The average molecular weight is 586 g/mol. The number of hydrogen-bond acceptors (Lipinski definition) is 9. The first-order valence-corrected chi connectivity index (χ1v) is 15.4. The summed E-state index contributed by atoms with van der Waals surface area (Å²) in [6, 6.07) is 8.75. The van der Waals surface area contributed by atoms with E-state index in [9.17, 15) is 19.5 Å². The number of H-pyrrole nitrogens is 1. The number of nitrogens with zero attached hydrogens (tertiary/aromatic N) is 1. The summed E-state index contributed by atoms with van der Waals surface area (Å²) < 4.78 is 39.6. The van der Waals surface area contributed by atoms with Crippen LogP contribution in [-0.4, -0.2) is 57.3 Å². The molecule has 1 aromatic heterocycles. The second kappa shape index (κ2) is 12.4. The van der Waals surface area contributed by atoms with Crippen LogP contribution in [-0.2, 0) is 30.6 Å². The summed E-state index contributed by atoms with van der Waals surface area (Å²) in [5.41, 5.74) is -3.96. The van der Waals surface area contributed by atoms with Gasteiger partial charge in [-0.2, -0.15) is 0 Å². The Balaban J connectivity index is 1.48. The van der Waals surface area contributed by atoms with Crippen molar-refractivity contribution in [2.24, 2.45) is 0 Å². The van der Waals surface area contributed by atoms with Crippen LogP contribution < -0.4 is 20.9 Å². The number of carbonyl (C=O) groups is 1. The molecule has 2 heterocycles. The van der Waals surface area contributed by atoms with E-state index < -0.39 is 60.6 Å². The van der Waals surface area contributed by atoms with E-state index in [-0.39, 0.29) is 6.10 Å². The molecule has 14 heteroatoms. The molecule has 0 amide bonds. The fourth-order valence-corrected chi connectivity index (χ4v) is 7.00. The lowest BCUT2D eigenvalue weighted by molar-refractivity contribution is -0.152. The molecule has 0 radical (unpaired) electrons. The quantitative estimate of drug-likeness (QED) is 0.282. The summed E-state index contributed by atoms with van der Waals surface area (Å²) in [6.45, 7) is -1.23. The minimum Gasteiger partial charge on any atom is -0.461 e. The number of carbonyl (C=O) groups excluding carboxylic acids is 1. The van der Waals surface area contributed by atoms with Crippen molar-refractivity contribution >= 4 is 24.4 Å². The van der Waals surface area contributed by atoms with Gasteiger partial charge in [0.05, 0.1) is 6.61 Å². The van der Waals surface area contributed by atoms with Crippen molar-refractivity contribution in [2.75, 3.05) is 6.61 Å². The minimum atomic E-state index is -3.48. The zero-order chi connectivity index (χ0) is 28.2. The molecule has 1 aliphatic carbocycles. The summed E-state index contributed by atoms with van der Waals surface area (Å²) in [4.78, 5) is 38.5. The van der Waals surface area contributed by atoms with Gasteiger partial charge in [0.1, 0.15) is 30.1 Å². The lowest BCUT2D eigenvalue weighted by atomic mass is 9.98. The van der Waals surface area contributed by atoms with E-state index in [2.05, 4.69) is 5.09 Å². The maximum atomic E-state index is 15.6. The number of ether oxygens (including phenoxy) is 2. The largest absolute Gasteiger partial charge is 0.461 e. The van der Waals surface area contributed by atoms with Crippen molar-refractivity contribution in [3.63, 3.8) is 0 Å². The molecule has 6 atom stereocenters. The number of benzene rings is 1. The smallest absolute Gasteiger partial charge is 0.330 e. The summed E-state index contributed by atoms with van der Waals surface area (Å²) in [7, 11) is 0. The predicted octanol–water partition coefficient (Wildman–Crippen LogP) is 2.70. The van der Waals surface area contributed by atoms with Crippen LogP contribution >= 0.6 is 6.64 Å². The highest BCUT2D eigenvalue weighted by Gasteiger charge is 2.55. The van der Waals surface area contributed by atoms with Crippen molar-refractivity contribution in [1.29, 1.82) is 0 Å². The number of rotatable bonds is 10. The second-order valence-electron chi connectivity index (χ2n) is 9.89. The van der Waals surface area contributed by atoms with E-state index in [4.69, 9.17) is 30.3 Å². The first-order valence-electron chi connectivity index (χ1n) is 12.8. The van der Waals surface area contributed by atoms with Gasteiger partial charge in [0.2, 0.25) is 0 Å². The maximum Gasteiger partial charge on any atom is 0.330 e. The van der Waals surface area contributed by atoms with Crippen LogP contribution in [0.15, 0.2) is 52.2 Å². The Morgan fingerprint density at radius 2 is 1.97 bits per heavy atom. The number of esters is 1. The summed E-state index contributed by atoms with van der Waals surface area (Å²) >= 11 is 5.69. The fourth-order valence-electron chi connectivity index (χ4n) is 4.58. The van der Waals surface area contributed by atoms with Gasteiger partial charge in [-0.15, -0.1) is 0 Å². The SMILES string of the molecule is CC(NP(=S)(OC[C@H]1O[C@@H](n2ccc(=O)[nH]c2=O)C(C)(F)C1O)Oc1ccccc1)C(=O)OC1CCCCC1. The Hall–Kier alpha value is -2.41. The Morgan fingerprint density at radius 3 is 2.64 bits per heavy atom. The summed E-state index contributed by atoms with van der Waals surface area (Å²) in [5, 5.41) is 13.6. The molecule has 0 bridgehead atoms. The molecule has 1 aliphatic heterocycles. The first kappa shape index (κ1) is 29.6. The van der Waals surface area contributed by atoms with Gasteiger partial charge in [-0.3, -0.25) is 19.1 Å². The van der Waals surface area contributed by atoms with Gasteiger partial charge >= 0.3 is 18.3 Å². The Bertz CT molecular complexity index is 1300. The second-order valence-corrected chi connectivity index (χ2v) is 13.0. The van der Waals surface area contributed by atoms with E-state index in [1.165, 1.54) is 0 Å². The van der Waals surface area contributed by atoms with Crippen LogP contribution in [0.1, 0.15) is 52.2 Å². The highest BCUT2D eigenvalue weighted by atomic mass is 32.5. The van der Waals surface area contributed by atoms with Gasteiger partial charge in [-0.1, -0.05) is 24.6 Å². The van der Waals surface area contributed by atoms with Crippen LogP contribution in [0.3, 0.4) is 0 Å². The summed E-state index contributed by atoms with van der Waals surface area (Å²) in [6.07, 6.45) is 1.16.